The molecule has 17 heavy (non-hydrogen) atoms. The molecule has 98 valence electrons. The van der Waals surface area contributed by atoms with Gasteiger partial charge in [0.15, 0.2) is 6.10 Å². The van der Waals surface area contributed by atoms with Gasteiger partial charge in [0.05, 0.1) is 6.04 Å². The van der Waals surface area contributed by atoms with Crippen LogP contribution in [0.25, 0.3) is 0 Å². The van der Waals surface area contributed by atoms with Crippen LogP contribution in [0.3, 0.4) is 0 Å². The van der Waals surface area contributed by atoms with Crippen LogP contribution in [0.5, 0.6) is 0 Å². The van der Waals surface area contributed by atoms with Crippen LogP contribution in [0, 0.1) is 12.7 Å². The first-order chi connectivity index (χ1) is 7.23. The van der Waals surface area contributed by atoms with Gasteiger partial charge in [-0.1, -0.05) is 17.7 Å². The zero-order valence-corrected chi connectivity index (χ0v) is 9.65. The summed E-state index contributed by atoms with van der Waals surface area (Å²) in [5.41, 5.74) is 5.41. The molecular weight excluding hydrogens is 262 g/mol. The summed E-state index contributed by atoms with van der Waals surface area (Å²) in [5.74, 6) is -0.860. The predicted molar refractivity (Wildman–Crippen MR) is 57.4 cm³/mol. The molecule has 0 aliphatic rings. The van der Waals surface area contributed by atoms with Crippen molar-refractivity contribution in [3.63, 3.8) is 0 Å². The molecule has 2 nitrogen and oxygen atoms in total. The molecular formula is C10H12ClF4NO. The molecule has 0 radical (unpaired) electrons. The van der Waals surface area contributed by atoms with Crippen molar-refractivity contribution in [3.8, 4) is 0 Å². The normalized spacial score (nSPS) is 15.0. The van der Waals surface area contributed by atoms with Crippen LogP contribution in [0.2, 0.25) is 0 Å². The van der Waals surface area contributed by atoms with Gasteiger partial charge in [-0.05, 0) is 13.0 Å². The molecule has 0 bridgehead atoms. The highest BCUT2D eigenvalue weighted by molar-refractivity contribution is 5.85. The van der Waals surface area contributed by atoms with Gasteiger partial charge in [-0.25, -0.2) is 4.39 Å². The van der Waals surface area contributed by atoms with E-state index in [1.165, 1.54) is 12.1 Å². The molecule has 0 heterocycles. The monoisotopic (exact) mass is 273 g/mol. The van der Waals surface area contributed by atoms with E-state index in [1.54, 1.807) is 6.92 Å². The third kappa shape index (κ3) is 3.83. The fraction of sp³-hybridized carbons (Fsp3) is 0.400. The molecule has 0 aromatic heterocycles. The topological polar surface area (TPSA) is 46.2 Å². The van der Waals surface area contributed by atoms with E-state index >= 15 is 0 Å². The van der Waals surface area contributed by atoms with Gasteiger partial charge in [0, 0.05) is 5.56 Å². The van der Waals surface area contributed by atoms with Crippen LogP contribution < -0.4 is 5.73 Å². The van der Waals surface area contributed by atoms with Crippen LogP contribution >= 0.6 is 12.4 Å². The Morgan fingerprint density at radius 2 is 1.82 bits per heavy atom. The van der Waals surface area contributed by atoms with Crippen molar-refractivity contribution in [2.75, 3.05) is 0 Å². The van der Waals surface area contributed by atoms with Crippen LogP contribution in [0.1, 0.15) is 17.2 Å². The van der Waals surface area contributed by atoms with Crippen molar-refractivity contribution in [2.45, 2.75) is 25.2 Å². The van der Waals surface area contributed by atoms with Gasteiger partial charge < -0.3 is 10.8 Å². The van der Waals surface area contributed by atoms with Crippen molar-refractivity contribution in [1.29, 1.82) is 0 Å². The third-order valence-corrected chi connectivity index (χ3v) is 2.19. The van der Waals surface area contributed by atoms with Gasteiger partial charge >= 0.3 is 6.18 Å². The van der Waals surface area contributed by atoms with Gasteiger partial charge in [0.2, 0.25) is 0 Å². The van der Waals surface area contributed by atoms with E-state index in [1.807, 2.05) is 0 Å². The van der Waals surface area contributed by atoms with E-state index in [-0.39, 0.29) is 18.0 Å². The smallest absolute Gasteiger partial charge is 0.382 e. The Bertz CT molecular complexity index is 383. The van der Waals surface area contributed by atoms with Crippen molar-refractivity contribution >= 4 is 12.4 Å². The first-order valence-electron chi connectivity index (χ1n) is 4.50. The molecule has 3 N–H and O–H groups in total. The van der Waals surface area contributed by atoms with E-state index in [9.17, 15) is 17.6 Å². The highest BCUT2D eigenvalue weighted by Crippen LogP contribution is 2.30. The summed E-state index contributed by atoms with van der Waals surface area (Å²) < 4.78 is 49.7. The molecule has 0 amide bonds. The summed E-state index contributed by atoms with van der Waals surface area (Å²) >= 11 is 0. The number of aliphatic hydroxyl groups is 1. The number of nitrogens with two attached hydrogens (primary N) is 1. The fourth-order valence-electron chi connectivity index (χ4n) is 1.29. The number of hydrogen-bond acceptors (Lipinski definition) is 2. The molecule has 0 saturated carbocycles. The zero-order valence-electron chi connectivity index (χ0n) is 8.83. The number of hydrogen-bond donors (Lipinski definition) is 2. The Balaban J connectivity index is 0.00000256. The summed E-state index contributed by atoms with van der Waals surface area (Å²) in [6, 6.07) is 1.80. The van der Waals surface area contributed by atoms with Crippen molar-refractivity contribution in [3.05, 3.63) is 35.1 Å². The summed E-state index contributed by atoms with van der Waals surface area (Å²) in [5, 5.41) is 8.91. The highest BCUT2D eigenvalue weighted by atomic mass is 35.5. The van der Waals surface area contributed by atoms with Gasteiger partial charge in [0.25, 0.3) is 0 Å². The molecule has 0 saturated heterocycles. The lowest BCUT2D eigenvalue weighted by molar-refractivity contribution is -0.210. The number of aliphatic hydroxyl groups excluding tert-OH is 1. The second-order valence-corrected chi connectivity index (χ2v) is 3.54. The fourth-order valence-corrected chi connectivity index (χ4v) is 1.29. The predicted octanol–water partition coefficient (Wildman–Crippen LogP) is 2.48. The summed E-state index contributed by atoms with van der Waals surface area (Å²) in [7, 11) is 0. The lowest BCUT2D eigenvalue weighted by atomic mass is 9.99. The molecule has 1 rings (SSSR count). The number of alkyl halides is 3. The first-order valence-corrected chi connectivity index (χ1v) is 4.50. The first kappa shape index (κ1) is 16.1. The Kier molecular flexibility index (Phi) is 5.38. The second-order valence-electron chi connectivity index (χ2n) is 3.54. The van der Waals surface area contributed by atoms with E-state index in [0.29, 0.717) is 5.56 Å². The maximum absolute atomic E-state index is 13.2. The Morgan fingerprint density at radius 1 is 1.29 bits per heavy atom. The largest absolute Gasteiger partial charge is 0.416 e. The summed E-state index contributed by atoms with van der Waals surface area (Å²) in [6.07, 6.45) is -7.64. The lowest BCUT2D eigenvalue weighted by Crippen LogP contribution is -2.39. The standard InChI is InChI=1S/C10H11F4NO.ClH/c1-5-2-3-7(11)6(4-5)8(15)9(16)10(12,13)14;/h2-4,8-9,16H,15H2,1H3;1H/t8-,9-;/m0./s1. The maximum Gasteiger partial charge on any atom is 0.416 e. The quantitative estimate of drug-likeness (QED) is 0.813. The van der Waals surface area contributed by atoms with Crippen LogP contribution in [-0.2, 0) is 0 Å². The van der Waals surface area contributed by atoms with E-state index in [0.717, 1.165) is 6.07 Å². The Hall–Kier alpha value is -0.850. The molecule has 1 aromatic carbocycles. The highest BCUT2D eigenvalue weighted by Gasteiger charge is 2.43. The van der Waals surface area contributed by atoms with E-state index < -0.39 is 24.1 Å². The number of rotatable bonds is 2. The number of aryl methyl sites for hydroxylation is 1. The molecule has 2 atom stereocenters. The van der Waals surface area contributed by atoms with E-state index in [4.69, 9.17) is 10.8 Å². The minimum Gasteiger partial charge on any atom is -0.382 e. The molecule has 0 aliphatic heterocycles. The minimum atomic E-state index is -4.87. The number of halogens is 5. The van der Waals surface area contributed by atoms with Crippen LogP contribution in [0.15, 0.2) is 18.2 Å². The third-order valence-electron chi connectivity index (χ3n) is 2.19. The molecule has 0 unspecified atom stereocenters. The van der Waals surface area contributed by atoms with Crippen molar-refractivity contribution in [2.24, 2.45) is 5.73 Å². The average Bonchev–Trinajstić information content (AvgIpc) is 2.18. The lowest BCUT2D eigenvalue weighted by Gasteiger charge is -2.22. The molecule has 0 fully saturated rings. The van der Waals surface area contributed by atoms with Gasteiger partial charge in [-0.15, -0.1) is 12.4 Å². The molecule has 0 spiro atoms. The molecule has 0 aliphatic carbocycles. The second kappa shape index (κ2) is 5.66. The summed E-state index contributed by atoms with van der Waals surface area (Å²) in [4.78, 5) is 0. The van der Waals surface area contributed by atoms with Gasteiger partial charge in [-0.2, -0.15) is 13.2 Å². The van der Waals surface area contributed by atoms with Crippen LogP contribution in [0.4, 0.5) is 17.6 Å². The molecule has 1 aromatic rings. The van der Waals surface area contributed by atoms with Crippen molar-refractivity contribution in [1.82, 2.24) is 0 Å². The number of benzene rings is 1. The Labute approximate surface area is 102 Å². The molecule has 7 heteroatoms. The Morgan fingerprint density at radius 3 is 2.29 bits per heavy atom. The maximum atomic E-state index is 13.2. The SMILES string of the molecule is Cc1ccc(F)c([C@H](N)[C@H](O)C(F)(F)F)c1.Cl. The van der Waals surface area contributed by atoms with E-state index in [2.05, 4.69) is 0 Å². The van der Waals surface area contributed by atoms with Gasteiger partial charge in [-0.3, -0.25) is 0 Å². The summed E-state index contributed by atoms with van der Waals surface area (Å²) in [6.45, 7) is 1.59. The van der Waals surface area contributed by atoms with Crippen LogP contribution in [-0.4, -0.2) is 17.4 Å². The average molecular weight is 274 g/mol. The minimum absolute atomic E-state index is 0. The zero-order chi connectivity index (χ0) is 12.5. The van der Waals surface area contributed by atoms with Crippen molar-refractivity contribution < 1.29 is 22.7 Å². The van der Waals surface area contributed by atoms with Gasteiger partial charge in [0.1, 0.15) is 5.82 Å².